The van der Waals surface area contributed by atoms with E-state index >= 15 is 0 Å². The van der Waals surface area contributed by atoms with E-state index in [1.165, 1.54) is 12.1 Å². The van der Waals surface area contributed by atoms with E-state index in [1.54, 1.807) is 12.1 Å². The van der Waals surface area contributed by atoms with E-state index < -0.39 is 5.54 Å². The van der Waals surface area contributed by atoms with Crippen LogP contribution in [0, 0.1) is 17.7 Å². The zero-order valence-corrected chi connectivity index (χ0v) is 15.5. The molecule has 2 fully saturated rings. The second-order valence-corrected chi connectivity index (χ2v) is 7.74. The Morgan fingerprint density at radius 2 is 2.04 bits per heavy atom. The van der Waals surface area contributed by atoms with Gasteiger partial charge in [0.1, 0.15) is 5.82 Å². The van der Waals surface area contributed by atoms with Crippen LogP contribution in [0.2, 0.25) is 0 Å². The third-order valence-electron chi connectivity index (χ3n) is 6.45. The van der Waals surface area contributed by atoms with Gasteiger partial charge in [0.15, 0.2) is 0 Å². The highest BCUT2D eigenvalue weighted by atomic mass is 19.1. The number of benzene rings is 1. The molecule has 7 heteroatoms. The molecule has 4 atom stereocenters. The van der Waals surface area contributed by atoms with Crippen molar-refractivity contribution < 1.29 is 14.6 Å². The maximum Gasteiger partial charge on any atom is 0.123 e. The Hall–Kier alpha value is -1.80. The number of aromatic amines is 1. The molecule has 2 aromatic rings. The maximum atomic E-state index is 13.3. The van der Waals surface area contributed by atoms with Gasteiger partial charge in [-0.25, -0.2) is 4.39 Å². The predicted molar refractivity (Wildman–Crippen MR) is 100 cm³/mol. The Labute approximate surface area is 158 Å². The summed E-state index contributed by atoms with van der Waals surface area (Å²) in [6, 6.07) is 6.41. The van der Waals surface area contributed by atoms with E-state index in [0.29, 0.717) is 12.3 Å². The van der Waals surface area contributed by atoms with Crippen molar-refractivity contribution in [2.75, 3.05) is 32.8 Å². The van der Waals surface area contributed by atoms with Gasteiger partial charge in [0, 0.05) is 42.4 Å². The lowest BCUT2D eigenvalue weighted by Crippen LogP contribution is -2.51. The molecule has 2 saturated heterocycles. The fourth-order valence-electron chi connectivity index (χ4n) is 5.00. The molecule has 27 heavy (non-hydrogen) atoms. The molecule has 3 heterocycles. The number of hydrogen-bond donors (Lipinski definition) is 4. The van der Waals surface area contributed by atoms with Crippen LogP contribution < -0.4 is 5.32 Å². The van der Waals surface area contributed by atoms with Crippen molar-refractivity contribution >= 4 is 0 Å². The summed E-state index contributed by atoms with van der Waals surface area (Å²) in [5.74, 6) is 0.312. The van der Waals surface area contributed by atoms with Crippen LogP contribution >= 0.6 is 0 Å². The average molecular weight is 374 g/mol. The number of halogens is 1. The van der Waals surface area contributed by atoms with Gasteiger partial charge in [0.05, 0.1) is 18.5 Å². The van der Waals surface area contributed by atoms with Gasteiger partial charge >= 0.3 is 0 Å². The molecule has 1 aromatic heterocycles. The van der Waals surface area contributed by atoms with Crippen molar-refractivity contribution in [2.45, 2.75) is 24.9 Å². The molecule has 6 nitrogen and oxygen atoms in total. The Balaban J connectivity index is 1.72. The first kappa shape index (κ1) is 18.6. The average Bonchev–Trinajstić information content (AvgIpc) is 3.38. The number of H-pyrrole nitrogens is 1. The standard InChI is InChI=1S/C20H27FN4O2/c1-2-25-10-16-17(11-25)20(12-27,7-8-26)23-19(16)15-9-22-24-18(15)13-3-5-14(21)6-4-13/h3-6,9,16-17,19,23,26-27H,2,7-8,10-12H2,1H3,(H,22,24)/t16-,17+,19-,20+/m1/s1. The third-order valence-corrected chi connectivity index (χ3v) is 6.45. The molecule has 0 saturated carbocycles. The molecule has 0 aliphatic carbocycles. The highest BCUT2D eigenvalue weighted by molar-refractivity contribution is 5.63. The van der Waals surface area contributed by atoms with Crippen LogP contribution in [-0.4, -0.2) is 63.7 Å². The molecule has 4 rings (SSSR count). The molecule has 0 radical (unpaired) electrons. The maximum absolute atomic E-state index is 13.3. The smallest absolute Gasteiger partial charge is 0.123 e. The lowest BCUT2D eigenvalue weighted by Gasteiger charge is -2.34. The van der Waals surface area contributed by atoms with Crippen molar-refractivity contribution in [2.24, 2.45) is 11.8 Å². The zero-order valence-electron chi connectivity index (χ0n) is 15.5. The van der Waals surface area contributed by atoms with E-state index in [0.717, 1.165) is 36.5 Å². The summed E-state index contributed by atoms with van der Waals surface area (Å²) in [5, 5.41) is 30.8. The van der Waals surface area contributed by atoms with E-state index in [4.69, 9.17) is 0 Å². The summed E-state index contributed by atoms with van der Waals surface area (Å²) < 4.78 is 13.3. The SMILES string of the molecule is CCN1C[C@H]2[C@@H](c3cn[nH]c3-c3ccc(F)cc3)N[C@](CO)(CCO)[C@H]2C1. The highest BCUT2D eigenvalue weighted by Gasteiger charge is 2.56. The first-order valence-corrected chi connectivity index (χ1v) is 9.63. The minimum Gasteiger partial charge on any atom is -0.396 e. The predicted octanol–water partition coefficient (Wildman–Crippen LogP) is 1.54. The topological polar surface area (TPSA) is 84.4 Å². The zero-order chi connectivity index (χ0) is 19.0. The number of aromatic nitrogens is 2. The Bertz CT molecular complexity index is 781. The van der Waals surface area contributed by atoms with Crippen molar-refractivity contribution in [1.29, 1.82) is 0 Å². The quantitative estimate of drug-likeness (QED) is 0.617. The van der Waals surface area contributed by atoms with Gasteiger partial charge in [-0.2, -0.15) is 5.10 Å². The van der Waals surface area contributed by atoms with Crippen molar-refractivity contribution in [3.63, 3.8) is 0 Å². The number of aliphatic hydroxyl groups is 2. The Morgan fingerprint density at radius 3 is 2.70 bits per heavy atom. The van der Waals surface area contributed by atoms with Gasteiger partial charge in [0.2, 0.25) is 0 Å². The number of hydrogen-bond acceptors (Lipinski definition) is 5. The van der Waals surface area contributed by atoms with Crippen LogP contribution in [-0.2, 0) is 0 Å². The second kappa shape index (κ2) is 7.31. The minimum absolute atomic E-state index is 0.00743. The lowest BCUT2D eigenvalue weighted by atomic mass is 9.79. The van der Waals surface area contributed by atoms with Gasteiger partial charge in [-0.15, -0.1) is 0 Å². The van der Waals surface area contributed by atoms with Crippen LogP contribution in [0.3, 0.4) is 0 Å². The van der Waals surface area contributed by atoms with Gasteiger partial charge in [-0.1, -0.05) is 6.92 Å². The molecule has 0 spiro atoms. The van der Waals surface area contributed by atoms with Crippen molar-refractivity contribution in [1.82, 2.24) is 20.4 Å². The summed E-state index contributed by atoms with van der Waals surface area (Å²) in [7, 11) is 0. The van der Waals surface area contributed by atoms with Crippen LogP contribution in [0.1, 0.15) is 24.9 Å². The molecule has 2 aliphatic rings. The van der Waals surface area contributed by atoms with Crippen LogP contribution in [0.5, 0.6) is 0 Å². The third kappa shape index (κ3) is 3.08. The van der Waals surface area contributed by atoms with Crippen LogP contribution in [0.4, 0.5) is 4.39 Å². The summed E-state index contributed by atoms with van der Waals surface area (Å²) in [4.78, 5) is 2.41. The second-order valence-electron chi connectivity index (χ2n) is 7.74. The van der Waals surface area contributed by atoms with Gasteiger partial charge in [-0.05, 0) is 49.1 Å². The molecular weight excluding hydrogens is 347 g/mol. The van der Waals surface area contributed by atoms with Crippen molar-refractivity contribution in [3.05, 3.63) is 41.8 Å². The van der Waals surface area contributed by atoms with Crippen LogP contribution in [0.25, 0.3) is 11.3 Å². The number of nitrogens with zero attached hydrogens (tertiary/aromatic N) is 2. The molecule has 146 valence electrons. The molecule has 0 amide bonds. The molecular formula is C20H27FN4O2. The fraction of sp³-hybridized carbons (Fsp3) is 0.550. The van der Waals surface area contributed by atoms with E-state index in [-0.39, 0.29) is 31.0 Å². The van der Waals surface area contributed by atoms with E-state index in [9.17, 15) is 14.6 Å². The molecule has 0 unspecified atom stereocenters. The molecule has 2 aliphatic heterocycles. The van der Waals surface area contributed by atoms with Crippen LogP contribution in [0.15, 0.2) is 30.5 Å². The summed E-state index contributed by atoms with van der Waals surface area (Å²) in [6.07, 6.45) is 2.34. The van der Waals surface area contributed by atoms with Crippen molar-refractivity contribution in [3.8, 4) is 11.3 Å². The van der Waals surface area contributed by atoms with Gasteiger partial charge in [-0.3, -0.25) is 5.10 Å². The first-order valence-electron chi connectivity index (χ1n) is 9.63. The molecule has 0 bridgehead atoms. The van der Waals surface area contributed by atoms with Gasteiger partial charge in [0.25, 0.3) is 0 Å². The largest absolute Gasteiger partial charge is 0.396 e. The lowest BCUT2D eigenvalue weighted by molar-refractivity contribution is 0.0980. The number of aliphatic hydroxyl groups excluding tert-OH is 2. The minimum atomic E-state index is -0.495. The normalized spacial score (nSPS) is 30.7. The number of fused-ring (bicyclic) bond motifs is 1. The highest BCUT2D eigenvalue weighted by Crippen LogP contribution is 2.49. The van der Waals surface area contributed by atoms with E-state index in [1.807, 2.05) is 6.20 Å². The van der Waals surface area contributed by atoms with E-state index in [2.05, 4.69) is 27.3 Å². The molecule has 1 aromatic carbocycles. The Morgan fingerprint density at radius 1 is 1.26 bits per heavy atom. The summed E-state index contributed by atoms with van der Waals surface area (Å²) >= 11 is 0. The summed E-state index contributed by atoms with van der Waals surface area (Å²) in [5.41, 5.74) is 2.30. The number of likely N-dealkylation sites (tertiary alicyclic amines) is 1. The fourth-order valence-corrected chi connectivity index (χ4v) is 5.00. The Kier molecular flexibility index (Phi) is 5.03. The first-order chi connectivity index (χ1) is 13.1. The monoisotopic (exact) mass is 374 g/mol. The number of rotatable bonds is 6. The molecule has 4 N–H and O–H groups in total. The van der Waals surface area contributed by atoms with Gasteiger partial charge < -0.3 is 20.4 Å². The summed E-state index contributed by atoms with van der Waals surface area (Å²) in [6.45, 7) is 5.00. The number of nitrogens with one attached hydrogen (secondary N) is 2.